The molecule has 0 aliphatic carbocycles. The van der Waals surface area contributed by atoms with Gasteiger partial charge < -0.3 is 19.7 Å². The van der Waals surface area contributed by atoms with Crippen LogP contribution in [0.15, 0.2) is 36.5 Å². The standard InChI is InChI=1S/C20H19F2N5O2/c1-28-17-7-12-5-6-27(11-13(12)8-18(17)29-2)19-10-23-26-20(25-19)24-16-4-3-14(21)9-15(16)22/h3-4,7-10H,5-6,11H2,1-2H3,(H,24,25,26). The van der Waals surface area contributed by atoms with E-state index < -0.39 is 11.6 Å². The zero-order chi connectivity index (χ0) is 20.4. The van der Waals surface area contributed by atoms with Crippen molar-refractivity contribution in [2.45, 2.75) is 13.0 Å². The molecular weight excluding hydrogens is 380 g/mol. The van der Waals surface area contributed by atoms with Crippen LogP contribution in [0.5, 0.6) is 11.5 Å². The highest BCUT2D eigenvalue weighted by molar-refractivity contribution is 5.56. The Kier molecular flexibility index (Phi) is 5.11. The van der Waals surface area contributed by atoms with Gasteiger partial charge in [-0.25, -0.2) is 8.78 Å². The summed E-state index contributed by atoms with van der Waals surface area (Å²) in [5.74, 6) is 0.725. The van der Waals surface area contributed by atoms with Crippen molar-refractivity contribution in [1.82, 2.24) is 15.2 Å². The molecule has 0 saturated heterocycles. The molecule has 7 nitrogen and oxygen atoms in total. The molecule has 1 N–H and O–H groups in total. The van der Waals surface area contributed by atoms with Crippen LogP contribution in [-0.4, -0.2) is 35.9 Å². The van der Waals surface area contributed by atoms with E-state index in [-0.39, 0.29) is 11.6 Å². The van der Waals surface area contributed by atoms with Crippen LogP contribution in [-0.2, 0) is 13.0 Å². The molecule has 3 aromatic rings. The molecule has 2 aromatic carbocycles. The van der Waals surface area contributed by atoms with E-state index in [1.807, 2.05) is 12.1 Å². The van der Waals surface area contributed by atoms with Crippen molar-refractivity contribution in [3.05, 3.63) is 59.3 Å². The molecule has 0 atom stereocenters. The fraction of sp³-hybridized carbons (Fsp3) is 0.250. The van der Waals surface area contributed by atoms with Crippen LogP contribution in [0.25, 0.3) is 0 Å². The maximum absolute atomic E-state index is 13.9. The third-order valence-corrected chi connectivity index (χ3v) is 4.77. The molecule has 0 amide bonds. The van der Waals surface area contributed by atoms with Gasteiger partial charge in [0, 0.05) is 19.2 Å². The van der Waals surface area contributed by atoms with Gasteiger partial charge in [0.25, 0.3) is 0 Å². The average Bonchev–Trinajstić information content (AvgIpc) is 2.74. The average molecular weight is 399 g/mol. The molecule has 0 saturated carbocycles. The minimum Gasteiger partial charge on any atom is -0.493 e. The van der Waals surface area contributed by atoms with Crippen LogP contribution in [0.3, 0.4) is 0 Å². The number of nitrogens with one attached hydrogen (secondary N) is 1. The maximum Gasteiger partial charge on any atom is 0.249 e. The van der Waals surface area contributed by atoms with Gasteiger partial charge in [0.15, 0.2) is 17.3 Å². The van der Waals surface area contributed by atoms with Gasteiger partial charge in [-0.3, -0.25) is 0 Å². The van der Waals surface area contributed by atoms with Crippen LogP contribution in [0, 0.1) is 11.6 Å². The van der Waals surface area contributed by atoms with E-state index in [1.165, 1.54) is 11.6 Å². The summed E-state index contributed by atoms with van der Waals surface area (Å²) in [5, 5.41) is 10.6. The van der Waals surface area contributed by atoms with Crippen molar-refractivity contribution in [3.63, 3.8) is 0 Å². The van der Waals surface area contributed by atoms with Crippen LogP contribution < -0.4 is 19.7 Å². The van der Waals surface area contributed by atoms with Crippen molar-refractivity contribution in [2.24, 2.45) is 0 Å². The zero-order valence-electron chi connectivity index (χ0n) is 15.9. The summed E-state index contributed by atoms with van der Waals surface area (Å²) in [4.78, 5) is 6.48. The van der Waals surface area contributed by atoms with Gasteiger partial charge in [0.2, 0.25) is 5.95 Å². The number of hydrogen-bond acceptors (Lipinski definition) is 7. The normalized spacial score (nSPS) is 13.0. The zero-order valence-corrected chi connectivity index (χ0v) is 15.9. The lowest BCUT2D eigenvalue weighted by molar-refractivity contribution is 0.353. The Morgan fingerprint density at radius 2 is 1.79 bits per heavy atom. The number of nitrogens with zero attached hydrogens (tertiary/aromatic N) is 4. The van der Waals surface area contributed by atoms with E-state index in [2.05, 4.69) is 25.4 Å². The molecule has 4 rings (SSSR count). The van der Waals surface area contributed by atoms with Gasteiger partial charge in [-0.1, -0.05) is 0 Å². The Morgan fingerprint density at radius 3 is 2.52 bits per heavy atom. The van der Waals surface area contributed by atoms with Crippen LogP contribution in [0.1, 0.15) is 11.1 Å². The second kappa shape index (κ2) is 7.86. The smallest absolute Gasteiger partial charge is 0.249 e. The van der Waals surface area contributed by atoms with Gasteiger partial charge in [-0.2, -0.15) is 10.1 Å². The second-order valence-electron chi connectivity index (χ2n) is 6.53. The number of anilines is 3. The Hall–Kier alpha value is -3.49. The molecule has 9 heteroatoms. The van der Waals surface area contributed by atoms with Crippen molar-refractivity contribution in [1.29, 1.82) is 0 Å². The monoisotopic (exact) mass is 399 g/mol. The lowest BCUT2D eigenvalue weighted by Gasteiger charge is -2.30. The number of ether oxygens (including phenoxy) is 2. The molecule has 1 aromatic heterocycles. The third-order valence-electron chi connectivity index (χ3n) is 4.77. The Labute approximate surface area is 166 Å². The summed E-state index contributed by atoms with van der Waals surface area (Å²) >= 11 is 0. The number of halogens is 2. The lowest BCUT2D eigenvalue weighted by atomic mass is 9.99. The van der Waals surface area contributed by atoms with Crippen LogP contribution >= 0.6 is 0 Å². The summed E-state index contributed by atoms with van der Waals surface area (Å²) in [6, 6.07) is 7.20. The van der Waals surface area contributed by atoms with E-state index in [0.29, 0.717) is 23.9 Å². The molecule has 0 bridgehead atoms. The number of benzene rings is 2. The van der Waals surface area contributed by atoms with Crippen LogP contribution in [0.4, 0.5) is 26.2 Å². The maximum atomic E-state index is 13.9. The summed E-state index contributed by atoms with van der Waals surface area (Å²) in [6.45, 7) is 1.34. The molecule has 2 heterocycles. The Morgan fingerprint density at radius 1 is 1.03 bits per heavy atom. The van der Waals surface area contributed by atoms with Crippen molar-refractivity contribution in [3.8, 4) is 11.5 Å². The van der Waals surface area contributed by atoms with Crippen molar-refractivity contribution >= 4 is 17.5 Å². The summed E-state index contributed by atoms with van der Waals surface area (Å²) in [5.41, 5.74) is 2.37. The Bertz CT molecular complexity index is 1050. The van der Waals surface area contributed by atoms with Gasteiger partial charge in [-0.15, -0.1) is 5.10 Å². The van der Waals surface area contributed by atoms with E-state index in [4.69, 9.17) is 9.47 Å². The van der Waals surface area contributed by atoms with Crippen LogP contribution in [0.2, 0.25) is 0 Å². The lowest BCUT2D eigenvalue weighted by Crippen LogP contribution is -2.31. The van der Waals surface area contributed by atoms with Gasteiger partial charge >= 0.3 is 0 Å². The van der Waals surface area contributed by atoms with Gasteiger partial charge in [-0.05, 0) is 41.8 Å². The van der Waals surface area contributed by atoms with E-state index in [1.54, 1.807) is 20.4 Å². The van der Waals surface area contributed by atoms with Crippen molar-refractivity contribution < 1.29 is 18.3 Å². The predicted molar refractivity (Wildman–Crippen MR) is 104 cm³/mol. The topological polar surface area (TPSA) is 72.4 Å². The number of fused-ring (bicyclic) bond motifs is 1. The third kappa shape index (κ3) is 3.89. The summed E-state index contributed by atoms with van der Waals surface area (Å²) < 4.78 is 37.7. The first-order valence-electron chi connectivity index (χ1n) is 8.98. The van der Waals surface area contributed by atoms with Gasteiger partial charge in [0.05, 0.1) is 26.1 Å². The molecular formula is C20H19F2N5O2. The van der Waals surface area contributed by atoms with Gasteiger partial charge in [0.1, 0.15) is 11.6 Å². The molecule has 0 spiro atoms. The number of rotatable bonds is 5. The van der Waals surface area contributed by atoms with E-state index in [0.717, 1.165) is 30.7 Å². The molecule has 0 fully saturated rings. The van der Waals surface area contributed by atoms with E-state index >= 15 is 0 Å². The molecule has 29 heavy (non-hydrogen) atoms. The summed E-state index contributed by atoms with van der Waals surface area (Å²) in [7, 11) is 3.22. The molecule has 1 aliphatic heterocycles. The summed E-state index contributed by atoms with van der Waals surface area (Å²) in [6.07, 6.45) is 2.35. The second-order valence-corrected chi connectivity index (χ2v) is 6.53. The number of methoxy groups -OCH3 is 2. The fourth-order valence-electron chi connectivity index (χ4n) is 3.29. The van der Waals surface area contributed by atoms with Crippen molar-refractivity contribution in [2.75, 3.05) is 31.0 Å². The fourth-order valence-corrected chi connectivity index (χ4v) is 3.29. The molecule has 0 unspecified atom stereocenters. The largest absolute Gasteiger partial charge is 0.493 e. The first-order valence-corrected chi connectivity index (χ1v) is 8.98. The quantitative estimate of drug-likeness (QED) is 0.704. The highest BCUT2D eigenvalue weighted by Gasteiger charge is 2.21. The predicted octanol–water partition coefficient (Wildman–Crippen LogP) is 3.47. The number of aromatic nitrogens is 3. The molecule has 0 radical (unpaired) electrons. The minimum absolute atomic E-state index is 0.0752. The highest BCUT2D eigenvalue weighted by Crippen LogP contribution is 2.34. The minimum atomic E-state index is -0.730. The SMILES string of the molecule is COc1cc2c(cc1OC)CN(c1cnnc(Nc3ccc(F)cc3F)n1)CC2. The molecule has 150 valence electrons. The number of hydrogen-bond donors (Lipinski definition) is 1. The Balaban J connectivity index is 1.56. The first kappa shape index (κ1) is 18.9. The molecule has 1 aliphatic rings. The van der Waals surface area contributed by atoms with E-state index in [9.17, 15) is 8.78 Å². The first-order chi connectivity index (χ1) is 14.1. The highest BCUT2D eigenvalue weighted by atomic mass is 19.1.